The van der Waals surface area contributed by atoms with Crippen LogP contribution in [-0.2, 0) is 28.3 Å². The summed E-state index contributed by atoms with van der Waals surface area (Å²) in [4.78, 5) is 13.6. The molecule has 10 heteroatoms. The van der Waals surface area contributed by atoms with Crippen LogP contribution < -0.4 is 10.1 Å². The van der Waals surface area contributed by atoms with Crippen molar-refractivity contribution in [2.75, 3.05) is 19.9 Å². The van der Waals surface area contributed by atoms with Crippen molar-refractivity contribution >= 4 is 38.1 Å². The van der Waals surface area contributed by atoms with Gasteiger partial charge in [-0.3, -0.25) is 10.1 Å². The number of ether oxygens (including phenoxy) is 2. The molecule has 0 aromatic heterocycles. The third kappa shape index (κ3) is 8.17. The van der Waals surface area contributed by atoms with Gasteiger partial charge in [-0.2, -0.15) is 0 Å². The lowest BCUT2D eigenvalue weighted by atomic mass is 9.89. The normalized spacial score (nSPS) is 18.9. The molecule has 5 N–H and O–H groups in total. The van der Waals surface area contributed by atoms with E-state index in [4.69, 9.17) is 9.47 Å². The second-order valence-electron chi connectivity index (χ2n) is 11.5. The van der Waals surface area contributed by atoms with Gasteiger partial charge in [-0.25, -0.2) is 0 Å². The fourth-order valence-corrected chi connectivity index (χ4v) is 8.28. The summed E-state index contributed by atoms with van der Waals surface area (Å²) in [5.74, 6) is 1.60. The van der Waals surface area contributed by atoms with Gasteiger partial charge >= 0.3 is 0 Å². The number of hydrogen-bond donors (Lipinski definition) is 5. The number of rotatable bonds is 6. The van der Waals surface area contributed by atoms with E-state index in [1.54, 1.807) is 46.8 Å². The Kier molecular flexibility index (Phi) is 11.9. The molecular formula is C36H41NO7S2. The Bertz CT molecular complexity index is 1660. The van der Waals surface area contributed by atoms with Gasteiger partial charge in [0.2, 0.25) is 0 Å². The predicted octanol–water partition coefficient (Wildman–Crippen LogP) is 6.65. The minimum atomic E-state index is -0.592. The number of aromatic hydroxyl groups is 2. The van der Waals surface area contributed by atoms with Crippen LogP contribution in [-0.4, -0.2) is 58.3 Å². The van der Waals surface area contributed by atoms with E-state index < -0.39 is 18.4 Å². The maximum absolute atomic E-state index is 13.6. The molecule has 1 aliphatic rings. The van der Waals surface area contributed by atoms with Gasteiger partial charge in [-0.15, -0.1) is 0 Å². The summed E-state index contributed by atoms with van der Waals surface area (Å²) in [5.41, 5.74) is 5.04. The van der Waals surface area contributed by atoms with Crippen LogP contribution in [0.4, 0.5) is 0 Å². The quantitative estimate of drug-likeness (QED) is 0.113. The van der Waals surface area contributed by atoms with Crippen molar-refractivity contribution in [3.8, 4) is 28.4 Å². The molecular weight excluding hydrogens is 623 g/mol. The van der Waals surface area contributed by atoms with E-state index in [0.717, 1.165) is 44.2 Å². The molecule has 0 radical (unpaired) electrons. The molecule has 0 bridgehead atoms. The second kappa shape index (κ2) is 16.0. The molecule has 0 spiro atoms. The summed E-state index contributed by atoms with van der Waals surface area (Å²) in [6, 6.07) is 20.2. The molecule has 244 valence electrons. The van der Waals surface area contributed by atoms with Gasteiger partial charge < -0.3 is 29.9 Å². The second-order valence-corrected chi connectivity index (χ2v) is 14.0. The molecule has 0 fully saturated rings. The van der Waals surface area contributed by atoms with Gasteiger partial charge in [-0.05, 0) is 89.2 Å². The SMILES string of the molecule is CN[C@H](O[C@H]1CC[C@H](O)CSSCc2c(ccc3ccc(O)cc23)-c2c(ccc(O)c2OC)CCC(=O)C1)c1cccc(CO)c1. The first-order chi connectivity index (χ1) is 22.3. The van der Waals surface area contributed by atoms with Crippen LogP contribution >= 0.6 is 21.6 Å². The largest absolute Gasteiger partial charge is 0.508 e. The molecule has 1 aliphatic heterocycles. The summed E-state index contributed by atoms with van der Waals surface area (Å²) >= 11 is 0. The highest BCUT2D eigenvalue weighted by atomic mass is 33.1. The fraction of sp³-hybridized carbons (Fsp3) is 0.361. The number of benzene rings is 4. The lowest BCUT2D eigenvalue weighted by molar-refractivity contribution is -0.124. The highest BCUT2D eigenvalue weighted by molar-refractivity contribution is 8.76. The average Bonchev–Trinajstić information content (AvgIpc) is 3.06. The predicted molar refractivity (Wildman–Crippen MR) is 185 cm³/mol. The monoisotopic (exact) mass is 663 g/mol. The summed E-state index contributed by atoms with van der Waals surface area (Å²) in [5, 5.41) is 46.8. The smallest absolute Gasteiger partial charge is 0.168 e. The first-order valence-electron chi connectivity index (χ1n) is 15.4. The Morgan fingerprint density at radius 2 is 1.83 bits per heavy atom. The maximum atomic E-state index is 13.6. The zero-order valence-corrected chi connectivity index (χ0v) is 27.7. The van der Waals surface area contributed by atoms with Crippen LogP contribution in [0.2, 0.25) is 0 Å². The molecule has 0 unspecified atom stereocenters. The molecule has 0 saturated carbocycles. The maximum Gasteiger partial charge on any atom is 0.168 e. The summed E-state index contributed by atoms with van der Waals surface area (Å²) < 4.78 is 12.2. The third-order valence-electron chi connectivity index (χ3n) is 8.34. The number of Topliss-reactive ketones (excluding diaryl/α,β-unsaturated/α-hetero) is 1. The topological polar surface area (TPSA) is 128 Å². The Morgan fingerprint density at radius 3 is 2.61 bits per heavy atom. The number of carbonyl (C=O) groups is 1. The van der Waals surface area contributed by atoms with Gasteiger partial charge in [0.25, 0.3) is 0 Å². The van der Waals surface area contributed by atoms with E-state index >= 15 is 0 Å². The van der Waals surface area contributed by atoms with Gasteiger partial charge in [0.15, 0.2) is 11.5 Å². The highest BCUT2D eigenvalue weighted by Gasteiger charge is 2.25. The molecule has 4 aromatic carbocycles. The van der Waals surface area contributed by atoms with Crippen LogP contribution in [0.3, 0.4) is 0 Å². The number of phenolic OH excluding ortho intramolecular Hbond substituents is 2. The summed E-state index contributed by atoms with van der Waals surface area (Å²) in [6.07, 6.45) is 0.317. The zero-order valence-electron chi connectivity index (χ0n) is 26.1. The number of phenols is 2. The summed E-state index contributed by atoms with van der Waals surface area (Å²) in [7, 11) is 6.50. The van der Waals surface area contributed by atoms with Crippen molar-refractivity contribution < 1.29 is 34.7 Å². The van der Waals surface area contributed by atoms with E-state index in [2.05, 4.69) is 5.32 Å². The van der Waals surface area contributed by atoms with Crippen LogP contribution in [0.5, 0.6) is 17.2 Å². The molecule has 3 atom stereocenters. The number of aliphatic hydroxyl groups excluding tert-OH is 2. The Morgan fingerprint density at radius 1 is 1.00 bits per heavy atom. The van der Waals surface area contributed by atoms with E-state index in [-0.39, 0.29) is 36.7 Å². The standard InChI is InChI=1S/C36H41NO7S2/c1-37-36(25-5-3-4-22(16-25)19-38)44-29-13-12-28(41)20-45-46-21-32-30(14-8-23-6-10-27(40)18-31(23)32)34-24(7-11-26(39)17-29)9-15-33(42)35(34)43-2/h3-6,8-10,14-16,18,28-29,36-38,40-42H,7,11-13,17,19-21H2,1-2H3/t28-,29-,36+/m0/s1. The minimum absolute atomic E-state index is 0.00549. The van der Waals surface area contributed by atoms with Crippen molar-refractivity contribution in [1.82, 2.24) is 5.32 Å². The minimum Gasteiger partial charge on any atom is -0.508 e. The summed E-state index contributed by atoms with van der Waals surface area (Å²) in [6.45, 7) is -0.0821. The number of methoxy groups -OCH3 is 1. The Hall–Kier alpha value is -3.25. The van der Waals surface area contributed by atoms with E-state index in [0.29, 0.717) is 36.5 Å². The van der Waals surface area contributed by atoms with Crippen LogP contribution in [0.25, 0.3) is 21.9 Å². The van der Waals surface area contributed by atoms with Gasteiger partial charge in [0.05, 0.1) is 25.9 Å². The molecule has 0 aliphatic carbocycles. The fourth-order valence-electron chi connectivity index (χ4n) is 5.98. The molecule has 46 heavy (non-hydrogen) atoms. The van der Waals surface area contributed by atoms with Gasteiger partial charge in [0, 0.05) is 29.9 Å². The first kappa shape index (κ1) is 34.1. The number of carbonyl (C=O) groups excluding carboxylic acids is 1. The van der Waals surface area contributed by atoms with Crippen LogP contribution in [0.1, 0.15) is 54.2 Å². The van der Waals surface area contributed by atoms with Crippen molar-refractivity contribution in [3.05, 3.63) is 89.0 Å². The number of nitrogens with one attached hydrogen (secondary N) is 1. The number of ketones is 1. The van der Waals surface area contributed by atoms with Gasteiger partial charge in [0.1, 0.15) is 17.8 Å². The van der Waals surface area contributed by atoms with Crippen molar-refractivity contribution in [3.63, 3.8) is 0 Å². The van der Waals surface area contributed by atoms with E-state index in [9.17, 15) is 25.2 Å². The van der Waals surface area contributed by atoms with Crippen LogP contribution in [0, 0.1) is 0 Å². The molecule has 8 nitrogen and oxygen atoms in total. The van der Waals surface area contributed by atoms with Crippen molar-refractivity contribution in [1.29, 1.82) is 0 Å². The highest BCUT2D eigenvalue weighted by Crippen LogP contribution is 2.45. The van der Waals surface area contributed by atoms with Crippen LogP contribution in [0.15, 0.2) is 66.7 Å². The number of aliphatic hydroxyl groups is 2. The number of aryl methyl sites for hydroxylation is 1. The zero-order chi connectivity index (χ0) is 32.6. The lowest BCUT2D eigenvalue weighted by Crippen LogP contribution is -2.28. The first-order valence-corrected chi connectivity index (χ1v) is 17.9. The Balaban J connectivity index is 1.49. The van der Waals surface area contributed by atoms with E-state index in [1.807, 2.05) is 48.5 Å². The Labute approximate surface area is 277 Å². The van der Waals surface area contributed by atoms with Crippen molar-refractivity contribution in [2.24, 2.45) is 0 Å². The molecule has 4 aromatic rings. The molecule has 5 rings (SSSR count). The van der Waals surface area contributed by atoms with Gasteiger partial charge in [-0.1, -0.05) is 64.1 Å². The van der Waals surface area contributed by atoms with Crippen molar-refractivity contribution in [2.45, 2.75) is 62.9 Å². The lowest BCUT2D eigenvalue weighted by Gasteiger charge is -2.26. The molecule has 1 heterocycles. The number of fused-ring (bicyclic) bond motifs is 5. The molecule has 0 saturated heterocycles. The third-order valence-corrected chi connectivity index (χ3v) is 10.7. The van der Waals surface area contributed by atoms with E-state index in [1.165, 1.54) is 7.11 Å². The molecule has 0 amide bonds. The number of hydrogen-bond acceptors (Lipinski definition) is 10. The average molecular weight is 664 g/mol.